The number of amides is 1. The number of hydrogen-bond acceptors (Lipinski definition) is 6. The molecule has 2 bridgehead atoms. The lowest BCUT2D eigenvalue weighted by Gasteiger charge is -2.35. The number of unbranched alkanes of at least 4 members (excludes halogenated alkanes) is 22. The van der Waals surface area contributed by atoms with Crippen molar-refractivity contribution in [3.05, 3.63) is 24.3 Å². The van der Waals surface area contributed by atoms with E-state index in [0.29, 0.717) is 45.1 Å². The van der Waals surface area contributed by atoms with Crippen LogP contribution in [0.25, 0.3) is 0 Å². The van der Waals surface area contributed by atoms with Gasteiger partial charge in [-0.3, -0.25) is 14.4 Å². The summed E-state index contributed by atoms with van der Waals surface area (Å²) < 4.78 is 11.4. The number of cyclic esters (lactones) is 1. The van der Waals surface area contributed by atoms with Crippen LogP contribution in [0.5, 0.6) is 0 Å². The van der Waals surface area contributed by atoms with E-state index in [1.54, 1.807) is 0 Å². The van der Waals surface area contributed by atoms with Gasteiger partial charge in [-0.2, -0.15) is 0 Å². The summed E-state index contributed by atoms with van der Waals surface area (Å²) in [4.78, 5) is 52.0. The molecule has 0 saturated carbocycles. The summed E-state index contributed by atoms with van der Waals surface area (Å²) in [5.41, 5.74) is 0. The van der Waals surface area contributed by atoms with Crippen LogP contribution in [0.15, 0.2) is 24.3 Å². The van der Waals surface area contributed by atoms with Crippen LogP contribution in [0.2, 0.25) is 0 Å². The van der Waals surface area contributed by atoms with Gasteiger partial charge in [0.1, 0.15) is 17.9 Å². The maximum atomic E-state index is 13.0. The molecule has 3 rings (SSSR count). The van der Waals surface area contributed by atoms with Gasteiger partial charge in [0, 0.05) is 19.4 Å². The third-order valence-electron chi connectivity index (χ3n) is 12.8. The van der Waals surface area contributed by atoms with Crippen LogP contribution in [0, 0.1) is 0 Å². The van der Waals surface area contributed by atoms with Crippen LogP contribution in [-0.2, 0) is 28.7 Å². The molecule has 3 heterocycles. The average Bonchev–Trinajstić information content (AvgIpc) is 3.27. The van der Waals surface area contributed by atoms with Crippen LogP contribution in [-0.4, -0.2) is 59.7 Å². The Hall–Kier alpha value is -2.28. The molecule has 3 aliphatic heterocycles. The molecule has 0 aromatic heterocycles. The lowest BCUT2D eigenvalue weighted by Crippen LogP contribution is -2.53. The van der Waals surface area contributed by atoms with Gasteiger partial charge in [-0.05, 0) is 96.3 Å². The quantitative estimate of drug-likeness (QED) is 0.0416. The van der Waals surface area contributed by atoms with Gasteiger partial charge in [0.25, 0.3) is 5.91 Å². The summed E-state index contributed by atoms with van der Waals surface area (Å²) in [6, 6.07) is -0.708. The van der Waals surface area contributed by atoms with Gasteiger partial charge >= 0.3 is 5.97 Å². The molecule has 7 nitrogen and oxygen atoms in total. The van der Waals surface area contributed by atoms with Gasteiger partial charge in [0.2, 0.25) is 5.78 Å². The molecule has 3 aliphatic rings. The van der Waals surface area contributed by atoms with E-state index in [-0.39, 0.29) is 18.5 Å². The molecule has 0 aromatic carbocycles. The van der Waals surface area contributed by atoms with E-state index in [1.807, 2.05) is 6.08 Å². The maximum Gasteiger partial charge on any atom is 0.328 e. The molecule has 2 fully saturated rings. The fourth-order valence-electron chi connectivity index (χ4n) is 8.85. The van der Waals surface area contributed by atoms with Crippen molar-refractivity contribution in [2.45, 2.75) is 276 Å². The number of ether oxygens (including phenoxy) is 2. The molecule has 346 valence electrons. The standard InChI is InChI=1S/C28H56.C25H37NO6/c1-3-5-7-9-11-13-15-17-19-21-23-25-27-28-26-24-22-20-18-16-14-12-10-8-6-4-2;27-19-11-4-2-1-3-5-13-20-14-10-16-22(32-20)23(28)24(29)26-17-8-6-15-21(26)25(30)31-18-9-7-12-19/h19,21H,3-18,20,22-28H2,1-2H3;2,4,20-22H,1,3,5-18H2. The lowest BCUT2D eigenvalue weighted by atomic mass is 9.96. The van der Waals surface area contributed by atoms with Crippen LogP contribution in [0.4, 0.5) is 0 Å². The van der Waals surface area contributed by atoms with Crippen LogP contribution >= 0.6 is 0 Å². The van der Waals surface area contributed by atoms with Crippen molar-refractivity contribution in [2.75, 3.05) is 13.2 Å². The van der Waals surface area contributed by atoms with Crippen LogP contribution in [0.3, 0.4) is 0 Å². The monoisotopic (exact) mass is 840 g/mol. The smallest absolute Gasteiger partial charge is 0.328 e. The predicted octanol–water partition coefficient (Wildman–Crippen LogP) is 14.6. The Bertz CT molecular complexity index is 1150. The topological polar surface area (TPSA) is 90.0 Å². The van der Waals surface area contributed by atoms with Crippen LogP contribution in [0.1, 0.15) is 258 Å². The number of fused-ring (bicyclic) bond motifs is 3. The Balaban J connectivity index is 0.000000418. The largest absolute Gasteiger partial charge is 0.464 e. The van der Waals surface area contributed by atoms with Gasteiger partial charge in [0.15, 0.2) is 0 Å². The van der Waals surface area contributed by atoms with E-state index in [4.69, 9.17) is 9.47 Å². The molecule has 3 unspecified atom stereocenters. The minimum Gasteiger partial charge on any atom is -0.464 e. The highest BCUT2D eigenvalue weighted by atomic mass is 16.5. The summed E-state index contributed by atoms with van der Waals surface area (Å²) >= 11 is 0. The number of carbonyl (C=O) groups is 4. The van der Waals surface area contributed by atoms with Crippen molar-refractivity contribution in [3.8, 4) is 0 Å². The van der Waals surface area contributed by atoms with Gasteiger partial charge in [0.05, 0.1) is 12.7 Å². The van der Waals surface area contributed by atoms with E-state index in [0.717, 1.165) is 51.4 Å². The zero-order valence-corrected chi connectivity index (χ0v) is 39.2. The molecule has 0 radical (unpaired) electrons. The average molecular weight is 840 g/mol. The van der Waals surface area contributed by atoms with Crippen molar-refractivity contribution in [3.63, 3.8) is 0 Å². The predicted molar refractivity (Wildman–Crippen MR) is 250 cm³/mol. The van der Waals surface area contributed by atoms with Crippen molar-refractivity contribution < 1.29 is 28.7 Å². The summed E-state index contributed by atoms with van der Waals surface area (Å²) in [7, 11) is 0. The minimum absolute atomic E-state index is 0.00714. The zero-order chi connectivity index (χ0) is 43.1. The number of Topliss-reactive ketones (excluding diaryl/α,β-unsaturated/α-hetero) is 2. The fourth-order valence-corrected chi connectivity index (χ4v) is 8.85. The molecule has 60 heavy (non-hydrogen) atoms. The van der Waals surface area contributed by atoms with Gasteiger partial charge in [-0.25, -0.2) is 4.79 Å². The fraction of sp³-hybridized carbons (Fsp3) is 0.849. The number of esters is 1. The van der Waals surface area contributed by atoms with Gasteiger partial charge < -0.3 is 14.4 Å². The Labute approximate surface area is 369 Å². The number of piperidine rings is 1. The first kappa shape index (κ1) is 53.9. The summed E-state index contributed by atoms with van der Waals surface area (Å²) in [6.07, 6.45) is 53.1. The van der Waals surface area contributed by atoms with E-state index in [9.17, 15) is 19.2 Å². The number of rotatable bonds is 24. The Kier molecular flexibility index (Phi) is 34.5. The van der Waals surface area contributed by atoms with E-state index in [2.05, 4.69) is 32.1 Å². The molecule has 1 amide bonds. The normalized spacial score (nSPS) is 21.6. The first-order valence-corrected chi connectivity index (χ1v) is 26.0. The molecule has 2 saturated heterocycles. The van der Waals surface area contributed by atoms with Gasteiger partial charge in [-0.1, -0.05) is 173 Å². The van der Waals surface area contributed by atoms with Crippen molar-refractivity contribution >= 4 is 23.4 Å². The minimum atomic E-state index is -0.708. The molecular formula is C53H93NO6. The number of ketones is 2. The highest BCUT2D eigenvalue weighted by Gasteiger charge is 2.40. The van der Waals surface area contributed by atoms with Crippen molar-refractivity contribution in [1.29, 1.82) is 0 Å². The zero-order valence-electron chi connectivity index (χ0n) is 39.2. The third kappa shape index (κ3) is 27.6. The maximum absolute atomic E-state index is 13.0. The first-order chi connectivity index (χ1) is 29.5. The molecule has 7 heteroatoms. The molecule has 0 aliphatic carbocycles. The second-order valence-corrected chi connectivity index (χ2v) is 18.3. The van der Waals surface area contributed by atoms with E-state index >= 15 is 0 Å². The molecule has 0 N–H and O–H groups in total. The van der Waals surface area contributed by atoms with Crippen molar-refractivity contribution in [2.24, 2.45) is 0 Å². The Morgan fingerprint density at radius 1 is 0.567 bits per heavy atom. The first-order valence-electron chi connectivity index (χ1n) is 26.0. The SMILES string of the molecule is CCCCCCCCCC=CCCCCCCCCCCCCCCCCC.O=C1CC=CCCCCC2CCCC(O2)C(=O)C(=O)N2CCCCC2C(=O)OCCCC1. The number of allylic oxidation sites excluding steroid dienone is 4. The van der Waals surface area contributed by atoms with Crippen LogP contribution < -0.4 is 0 Å². The lowest BCUT2D eigenvalue weighted by molar-refractivity contribution is -0.164. The summed E-state index contributed by atoms with van der Waals surface area (Å²) in [6.45, 7) is 5.21. The number of hydrogen-bond donors (Lipinski definition) is 0. The third-order valence-corrected chi connectivity index (χ3v) is 12.8. The second kappa shape index (κ2) is 38.4. The summed E-state index contributed by atoms with van der Waals surface area (Å²) in [5.74, 6) is -1.39. The van der Waals surface area contributed by atoms with Crippen molar-refractivity contribution in [1.82, 2.24) is 4.90 Å². The number of nitrogens with zero attached hydrogens (tertiary/aromatic N) is 1. The second-order valence-electron chi connectivity index (χ2n) is 18.3. The Morgan fingerprint density at radius 2 is 1.10 bits per heavy atom. The number of carbonyl (C=O) groups excluding carboxylic acids is 4. The van der Waals surface area contributed by atoms with Gasteiger partial charge in [-0.15, -0.1) is 0 Å². The molecular weight excluding hydrogens is 747 g/mol. The Morgan fingerprint density at radius 3 is 1.68 bits per heavy atom. The van der Waals surface area contributed by atoms with E-state index < -0.39 is 29.8 Å². The molecule has 0 aromatic rings. The highest BCUT2D eigenvalue weighted by molar-refractivity contribution is 6.38. The highest BCUT2D eigenvalue weighted by Crippen LogP contribution is 2.26. The van der Waals surface area contributed by atoms with E-state index in [1.165, 1.54) is 159 Å². The molecule has 0 spiro atoms. The summed E-state index contributed by atoms with van der Waals surface area (Å²) in [5, 5.41) is 0. The molecule has 3 atom stereocenters.